The molecule has 1 aliphatic rings. The number of hydrogen-bond donors (Lipinski definition) is 0. The first-order valence-corrected chi connectivity index (χ1v) is 9.38. The average Bonchev–Trinajstić information content (AvgIpc) is 3.40. The summed E-state index contributed by atoms with van der Waals surface area (Å²) in [6.07, 6.45) is 3.39. The Bertz CT molecular complexity index is 995. The number of rotatable bonds is 7. The van der Waals surface area contributed by atoms with Crippen LogP contribution in [0.15, 0.2) is 53.1 Å². The molecular weight excluding hydrogens is 356 g/mol. The quantitative estimate of drug-likeness (QED) is 0.459. The Morgan fingerprint density at radius 1 is 1.00 bits per heavy atom. The van der Waals surface area contributed by atoms with Crippen LogP contribution in [0.1, 0.15) is 46.6 Å². The van der Waals surface area contributed by atoms with Crippen molar-refractivity contribution in [3.63, 3.8) is 0 Å². The van der Waals surface area contributed by atoms with E-state index in [0.29, 0.717) is 11.4 Å². The number of esters is 1. The number of hydrogen-bond acceptors (Lipinski definition) is 6. The first-order chi connectivity index (χ1) is 13.7. The van der Waals surface area contributed by atoms with E-state index in [1.807, 2.05) is 48.5 Å². The molecule has 0 saturated heterocycles. The second-order valence-electron chi connectivity index (χ2n) is 6.80. The van der Waals surface area contributed by atoms with Crippen LogP contribution in [0.3, 0.4) is 0 Å². The van der Waals surface area contributed by atoms with Crippen LogP contribution in [0.4, 0.5) is 0 Å². The summed E-state index contributed by atoms with van der Waals surface area (Å²) in [7, 11) is 0. The molecule has 1 heterocycles. The predicted molar refractivity (Wildman–Crippen MR) is 102 cm³/mol. The van der Waals surface area contributed by atoms with E-state index >= 15 is 0 Å². The lowest BCUT2D eigenvalue weighted by Crippen LogP contribution is -2.08. The highest BCUT2D eigenvalue weighted by molar-refractivity contribution is 5.97. The zero-order chi connectivity index (χ0) is 19.3. The van der Waals surface area contributed by atoms with Gasteiger partial charge in [0.15, 0.2) is 12.4 Å². The fourth-order valence-corrected chi connectivity index (χ4v) is 3.34. The fourth-order valence-electron chi connectivity index (χ4n) is 3.34. The molecule has 4 rings (SSSR count). The highest BCUT2D eigenvalue weighted by Crippen LogP contribution is 2.23. The Morgan fingerprint density at radius 3 is 2.68 bits per heavy atom. The van der Waals surface area contributed by atoms with Gasteiger partial charge in [-0.25, -0.2) is 0 Å². The van der Waals surface area contributed by atoms with Crippen molar-refractivity contribution in [3.05, 3.63) is 71.1 Å². The van der Waals surface area contributed by atoms with Crippen LogP contribution in [0, 0.1) is 0 Å². The Labute approximate surface area is 162 Å². The van der Waals surface area contributed by atoms with Crippen molar-refractivity contribution >= 4 is 11.8 Å². The fraction of sp³-hybridized carbons (Fsp3) is 0.273. The molecule has 0 N–H and O–H groups in total. The monoisotopic (exact) mass is 376 g/mol. The third-order valence-corrected chi connectivity index (χ3v) is 4.83. The summed E-state index contributed by atoms with van der Waals surface area (Å²) in [6.45, 7) is -0.105. The van der Waals surface area contributed by atoms with Gasteiger partial charge in [-0.1, -0.05) is 47.6 Å². The maximum atomic E-state index is 12.3. The van der Waals surface area contributed by atoms with Crippen molar-refractivity contribution in [2.75, 3.05) is 0 Å². The number of ether oxygens (including phenoxy) is 1. The second-order valence-corrected chi connectivity index (χ2v) is 6.80. The summed E-state index contributed by atoms with van der Waals surface area (Å²) in [6, 6.07) is 15.2. The first kappa shape index (κ1) is 18.1. The van der Waals surface area contributed by atoms with Crippen LogP contribution in [0.25, 0.3) is 11.4 Å². The van der Waals surface area contributed by atoms with Crippen molar-refractivity contribution < 1.29 is 18.8 Å². The lowest BCUT2D eigenvalue weighted by atomic mass is 10.0. The third kappa shape index (κ3) is 4.17. The molecule has 2 aromatic carbocycles. The minimum atomic E-state index is -0.464. The van der Waals surface area contributed by atoms with Gasteiger partial charge in [0.25, 0.3) is 5.89 Å². The zero-order valence-corrected chi connectivity index (χ0v) is 15.4. The van der Waals surface area contributed by atoms with Gasteiger partial charge < -0.3 is 9.26 Å². The van der Waals surface area contributed by atoms with E-state index in [2.05, 4.69) is 10.1 Å². The largest absolute Gasteiger partial charge is 0.456 e. The Hall–Kier alpha value is -3.28. The number of aromatic nitrogens is 2. The number of nitrogens with zero attached hydrogens (tertiary/aromatic N) is 2. The maximum Gasteiger partial charge on any atom is 0.306 e. The zero-order valence-electron chi connectivity index (χ0n) is 15.4. The van der Waals surface area contributed by atoms with Crippen LogP contribution in [-0.4, -0.2) is 21.9 Å². The minimum Gasteiger partial charge on any atom is -0.456 e. The van der Waals surface area contributed by atoms with Gasteiger partial charge in [-0.3, -0.25) is 9.59 Å². The van der Waals surface area contributed by atoms with E-state index in [1.165, 1.54) is 11.1 Å². The van der Waals surface area contributed by atoms with Gasteiger partial charge in [-0.05, 0) is 36.5 Å². The van der Waals surface area contributed by atoms with E-state index in [1.54, 1.807) is 0 Å². The topological polar surface area (TPSA) is 82.3 Å². The lowest BCUT2D eigenvalue weighted by Gasteiger charge is -2.05. The van der Waals surface area contributed by atoms with Gasteiger partial charge in [0.05, 0.1) is 6.42 Å². The molecule has 0 fully saturated rings. The van der Waals surface area contributed by atoms with Crippen LogP contribution >= 0.6 is 0 Å². The molecule has 0 unspecified atom stereocenters. The molecule has 1 aromatic heterocycles. The number of carbonyl (C=O) groups excluding carboxylic acids is 2. The van der Waals surface area contributed by atoms with E-state index in [9.17, 15) is 9.59 Å². The molecule has 0 saturated carbocycles. The molecule has 0 spiro atoms. The van der Waals surface area contributed by atoms with Crippen LogP contribution < -0.4 is 0 Å². The lowest BCUT2D eigenvalue weighted by molar-refractivity contribution is -0.145. The summed E-state index contributed by atoms with van der Waals surface area (Å²) in [4.78, 5) is 28.5. The van der Waals surface area contributed by atoms with E-state index in [0.717, 1.165) is 24.8 Å². The number of carbonyl (C=O) groups is 2. The molecule has 3 aromatic rings. The highest BCUT2D eigenvalue weighted by atomic mass is 16.6. The van der Waals surface area contributed by atoms with Crippen LogP contribution in [0.2, 0.25) is 0 Å². The van der Waals surface area contributed by atoms with Gasteiger partial charge >= 0.3 is 5.97 Å². The van der Waals surface area contributed by atoms with E-state index in [-0.39, 0.29) is 31.1 Å². The molecule has 28 heavy (non-hydrogen) atoms. The first-order valence-electron chi connectivity index (χ1n) is 9.38. The summed E-state index contributed by atoms with van der Waals surface area (Å²) >= 11 is 0. The van der Waals surface area contributed by atoms with Crippen LogP contribution in [0.5, 0.6) is 0 Å². The van der Waals surface area contributed by atoms with Gasteiger partial charge in [-0.15, -0.1) is 0 Å². The third-order valence-electron chi connectivity index (χ3n) is 4.83. The molecule has 0 atom stereocenters. The Kier molecular flexibility index (Phi) is 5.28. The molecule has 6 heteroatoms. The predicted octanol–water partition coefficient (Wildman–Crippen LogP) is 3.93. The number of benzene rings is 2. The second kappa shape index (κ2) is 8.17. The normalized spacial score (nSPS) is 12.6. The number of ketones is 1. The summed E-state index contributed by atoms with van der Waals surface area (Å²) in [5, 5.41) is 3.88. The molecule has 1 aliphatic carbocycles. The molecular formula is C22H20N2O4. The summed E-state index contributed by atoms with van der Waals surface area (Å²) < 4.78 is 10.3. The van der Waals surface area contributed by atoms with Crippen LogP contribution in [-0.2, 0) is 29.0 Å². The van der Waals surface area contributed by atoms with Crippen molar-refractivity contribution in [1.29, 1.82) is 0 Å². The van der Waals surface area contributed by atoms with Crippen molar-refractivity contribution in [3.8, 4) is 11.4 Å². The Balaban J connectivity index is 1.26. The average molecular weight is 376 g/mol. The maximum absolute atomic E-state index is 12.3. The summed E-state index contributed by atoms with van der Waals surface area (Å²) in [5.74, 6) is 0.153. The molecule has 0 bridgehead atoms. The molecule has 142 valence electrons. The van der Waals surface area contributed by atoms with Gasteiger partial charge in [-0.2, -0.15) is 4.98 Å². The molecule has 0 amide bonds. The van der Waals surface area contributed by atoms with Crippen molar-refractivity contribution in [1.82, 2.24) is 10.1 Å². The number of Topliss-reactive ketones (excluding diaryl/α,β-unsaturated/α-hetero) is 1. The number of aryl methyl sites for hydroxylation is 2. The standard InChI is InChI=1S/C22H20N2O4/c25-19(18-10-9-15-7-4-8-17(15)13-18)11-12-21(26)27-14-20-23-22(24-28-20)16-5-2-1-3-6-16/h1-3,5-6,9-10,13H,4,7-8,11-12,14H2. The van der Waals surface area contributed by atoms with E-state index in [4.69, 9.17) is 9.26 Å². The minimum absolute atomic E-state index is 0.0234. The molecule has 6 nitrogen and oxygen atoms in total. The highest BCUT2D eigenvalue weighted by Gasteiger charge is 2.16. The summed E-state index contributed by atoms with van der Waals surface area (Å²) in [5.41, 5.74) is 4.06. The van der Waals surface area contributed by atoms with Crippen molar-refractivity contribution in [2.24, 2.45) is 0 Å². The Morgan fingerprint density at radius 2 is 1.82 bits per heavy atom. The van der Waals surface area contributed by atoms with E-state index < -0.39 is 5.97 Å². The van der Waals surface area contributed by atoms with Gasteiger partial charge in [0.2, 0.25) is 5.82 Å². The van der Waals surface area contributed by atoms with Crippen molar-refractivity contribution in [2.45, 2.75) is 38.7 Å². The molecule has 0 radical (unpaired) electrons. The number of fused-ring (bicyclic) bond motifs is 1. The molecule has 0 aliphatic heterocycles. The van der Waals surface area contributed by atoms with Gasteiger partial charge in [0.1, 0.15) is 0 Å². The van der Waals surface area contributed by atoms with Gasteiger partial charge in [0, 0.05) is 17.5 Å². The smallest absolute Gasteiger partial charge is 0.306 e. The SMILES string of the molecule is O=C(CCC(=O)c1ccc2c(c1)CCC2)OCc1nc(-c2ccccc2)no1.